The molecule has 0 N–H and O–H groups in total. The molecule has 0 saturated carbocycles. The molecule has 0 saturated heterocycles. The van der Waals surface area contributed by atoms with Gasteiger partial charge in [0.05, 0.1) is 17.8 Å². The summed E-state index contributed by atoms with van der Waals surface area (Å²) in [6, 6.07) is 7.52. The first kappa shape index (κ1) is 16.7. The van der Waals surface area contributed by atoms with Gasteiger partial charge in [0.25, 0.3) is 5.91 Å². The molecule has 26 heavy (non-hydrogen) atoms. The van der Waals surface area contributed by atoms with Gasteiger partial charge in [-0.25, -0.2) is 4.68 Å². The normalized spacial score (nSPS) is 16.9. The van der Waals surface area contributed by atoms with Gasteiger partial charge in [0.2, 0.25) is 0 Å². The van der Waals surface area contributed by atoms with E-state index < -0.39 is 0 Å². The Morgan fingerprint density at radius 2 is 2.15 bits per heavy atom. The summed E-state index contributed by atoms with van der Waals surface area (Å²) in [5.41, 5.74) is 3.32. The summed E-state index contributed by atoms with van der Waals surface area (Å²) in [6.07, 6.45) is 0.729. The maximum absolute atomic E-state index is 13.3. The maximum atomic E-state index is 13.3. The number of benzene rings is 1. The lowest BCUT2D eigenvalue weighted by Crippen LogP contribution is -2.42. The van der Waals surface area contributed by atoms with Crippen molar-refractivity contribution >= 4 is 16.8 Å². The number of nitrogens with zero attached hydrogens (tertiary/aromatic N) is 6. The molecule has 0 bridgehead atoms. The number of rotatable bonds is 4. The van der Waals surface area contributed by atoms with E-state index in [0.29, 0.717) is 18.8 Å². The summed E-state index contributed by atoms with van der Waals surface area (Å²) < 4.78 is 9.04. The number of methoxy groups -OCH3 is 1. The van der Waals surface area contributed by atoms with Gasteiger partial charge in [-0.2, -0.15) is 5.10 Å². The molecule has 1 amide bonds. The predicted octanol–water partition coefficient (Wildman–Crippen LogP) is 1.57. The van der Waals surface area contributed by atoms with Crippen molar-refractivity contribution in [3.8, 4) is 0 Å². The molecule has 3 aromatic rings. The third-order valence-electron chi connectivity index (χ3n) is 4.99. The molecular weight excluding hydrogens is 332 g/mol. The van der Waals surface area contributed by atoms with Crippen molar-refractivity contribution < 1.29 is 9.53 Å². The molecule has 4 rings (SSSR count). The predicted molar refractivity (Wildman–Crippen MR) is 95.8 cm³/mol. The van der Waals surface area contributed by atoms with Crippen LogP contribution in [-0.4, -0.2) is 55.8 Å². The highest BCUT2D eigenvalue weighted by atomic mass is 16.5. The Balaban J connectivity index is 1.75. The van der Waals surface area contributed by atoms with E-state index in [1.54, 1.807) is 11.8 Å². The third-order valence-corrected chi connectivity index (χ3v) is 4.99. The number of hydrogen-bond acceptors (Lipinski definition) is 5. The van der Waals surface area contributed by atoms with Gasteiger partial charge in [-0.05, 0) is 13.0 Å². The smallest absolute Gasteiger partial charge is 0.275 e. The zero-order valence-electron chi connectivity index (χ0n) is 15.2. The summed E-state index contributed by atoms with van der Waals surface area (Å²) in [7, 11) is 3.49. The lowest BCUT2D eigenvalue weighted by molar-refractivity contribution is 0.0486. The van der Waals surface area contributed by atoms with Crippen LogP contribution in [0.25, 0.3) is 10.9 Å². The zero-order valence-corrected chi connectivity index (χ0v) is 15.2. The minimum atomic E-state index is -0.252. The van der Waals surface area contributed by atoms with E-state index in [4.69, 9.17) is 4.74 Å². The van der Waals surface area contributed by atoms with Crippen molar-refractivity contribution in [1.82, 2.24) is 29.7 Å². The van der Waals surface area contributed by atoms with Gasteiger partial charge in [0.15, 0.2) is 5.69 Å². The summed E-state index contributed by atoms with van der Waals surface area (Å²) in [6.45, 7) is 3.78. The molecule has 2 aromatic heterocycles. The minimum absolute atomic E-state index is 0.0967. The Labute approximate surface area is 151 Å². The molecule has 0 radical (unpaired) electrons. The molecule has 136 valence electrons. The largest absolute Gasteiger partial charge is 0.382 e. The number of para-hydroxylation sites is 1. The van der Waals surface area contributed by atoms with Crippen molar-refractivity contribution in [2.75, 3.05) is 20.3 Å². The highest BCUT2D eigenvalue weighted by Gasteiger charge is 2.36. The molecule has 8 heteroatoms. The fraction of sp³-hybridized carbons (Fsp3) is 0.444. The van der Waals surface area contributed by atoms with Gasteiger partial charge in [-0.15, -0.1) is 5.10 Å². The Hall–Kier alpha value is -2.74. The van der Waals surface area contributed by atoms with Gasteiger partial charge < -0.3 is 9.64 Å². The van der Waals surface area contributed by atoms with E-state index in [9.17, 15) is 4.79 Å². The monoisotopic (exact) mass is 354 g/mol. The minimum Gasteiger partial charge on any atom is -0.382 e. The van der Waals surface area contributed by atoms with Crippen molar-refractivity contribution in [3.05, 3.63) is 41.3 Å². The fourth-order valence-electron chi connectivity index (χ4n) is 3.72. The Kier molecular flexibility index (Phi) is 4.20. The van der Waals surface area contributed by atoms with E-state index in [1.807, 2.05) is 47.8 Å². The van der Waals surface area contributed by atoms with Crippen LogP contribution in [0.2, 0.25) is 0 Å². The quantitative estimate of drug-likeness (QED) is 0.711. The van der Waals surface area contributed by atoms with E-state index in [-0.39, 0.29) is 11.9 Å². The summed E-state index contributed by atoms with van der Waals surface area (Å²) in [4.78, 5) is 15.2. The van der Waals surface area contributed by atoms with E-state index in [2.05, 4.69) is 15.4 Å². The van der Waals surface area contributed by atoms with Crippen LogP contribution >= 0.6 is 0 Å². The lowest BCUT2D eigenvalue weighted by Gasteiger charge is -2.34. The van der Waals surface area contributed by atoms with E-state index >= 15 is 0 Å². The first-order valence-electron chi connectivity index (χ1n) is 8.79. The molecule has 0 spiro atoms. The van der Waals surface area contributed by atoms with Gasteiger partial charge in [0.1, 0.15) is 11.7 Å². The SMILES string of the molecule is CCn1nnc2c1CCN(C(=O)c1nn(C)c3ccccc13)[C@H]2COC. The number of carbonyl (C=O) groups excluding carboxylic acids is 1. The van der Waals surface area contributed by atoms with Crippen LogP contribution < -0.4 is 0 Å². The average Bonchev–Trinajstić information content (AvgIpc) is 3.23. The van der Waals surface area contributed by atoms with Gasteiger partial charge >= 0.3 is 0 Å². The van der Waals surface area contributed by atoms with Crippen LogP contribution in [0, 0.1) is 0 Å². The molecule has 0 unspecified atom stereocenters. The second-order valence-electron chi connectivity index (χ2n) is 6.45. The summed E-state index contributed by atoms with van der Waals surface area (Å²) in [5, 5.41) is 13.9. The van der Waals surface area contributed by atoms with E-state index in [1.165, 1.54) is 0 Å². The highest BCUT2D eigenvalue weighted by molar-refractivity contribution is 6.05. The molecule has 1 atom stereocenters. The molecule has 8 nitrogen and oxygen atoms in total. The van der Waals surface area contributed by atoms with Crippen molar-refractivity contribution in [2.45, 2.75) is 25.9 Å². The molecule has 0 aliphatic carbocycles. The molecule has 3 heterocycles. The maximum Gasteiger partial charge on any atom is 0.275 e. The second-order valence-corrected chi connectivity index (χ2v) is 6.45. The standard InChI is InChI=1S/C18H22N6O2/c1-4-24-14-9-10-23(15(11-26-3)17(14)19-21-24)18(25)16-12-7-5-6-8-13(12)22(2)20-16/h5-8,15H,4,9-11H2,1-3H3/t15-/m0/s1. The number of carbonyl (C=O) groups is 1. The van der Waals surface area contributed by atoms with Crippen LogP contribution in [0.4, 0.5) is 0 Å². The zero-order chi connectivity index (χ0) is 18.3. The average molecular weight is 354 g/mol. The van der Waals surface area contributed by atoms with Crippen molar-refractivity contribution in [1.29, 1.82) is 0 Å². The number of aryl methyl sites for hydroxylation is 2. The topological polar surface area (TPSA) is 78.1 Å². The number of aromatic nitrogens is 5. The Morgan fingerprint density at radius 1 is 1.35 bits per heavy atom. The molecule has 0 fully saturated rings. The van der Waals surface area contributed by atoms with Crippen molar-refractivity contribution in [2.24, 2.45) is 7.05 Å². The molecular formula is C18H22N6O2. The molecule has 1 aromatic carbocycles. The van der Waals surface area contributed by atoms with Crippen LogP contribution in [-0.2, 0) is 24.8 Å². The van der Waals surface area contributed by atoms with Crippen molar-refractivity contribution in [3.63, 3.8) is 0 Å². The highest BCUT2D eigenvalue weighted by Crippen LogP contribution is 2.30. The number of fused-ring (bicyclic) bond motifs is 2. The van der Waals surface area contributed by atoms with Gasteiger partial charge in [-0.3, -0.25) is 9.48 Å². The van der Waals surface area contributed by atoms with Gasteiger partial charge in [-0.1, -0.05) is 23.4 Å². The van der Waals surface area contributed by atoms with E-state index in [0.717, 1.165) is 35.3 Å². The fourth-order valence-corrected chi connectivity index (χ4v) is 3.72. The molecule has 1 aliphatic rings. The Morgan fingerprint density at radius 3 is 2.92 bits per heavy atom. The second kappa shape index (κ2) is 6.53. The first-order valence-corrected chi connectivity index (χ1v) is 8.79. The number of ether oxygens (including phenoxy) is 1. The van der Waals surface area contributed by atoms with Gasteiger partial charge in [0, 0.05) is 39.1 Å². The summed E-state index contributed by atoms with van der Waals surface area (Å²) in [5.74, 6) is -0.0967. The van der Waals surface area contributed by atoms with Crippen LogP contribution in [0.1, 0.15) is 34.8 Å². The summed E-state index contributed by atoms with van der Waals surface area (Å²) >= 11 is 0. The van der Waals surface area contributed by atoms with Crippen LogP contribution in [0.3, 0.4) is 0 Å². The number of amides is 1. The van der Waals surface area contributed by atoms with Crippen LogP contribution in [0.5, 0.6) is 0 Å². The lowest BCUT2D eigenvalue weighted by atomic mass is 10.0. The van der Waals surface area contributed by atoms with Crippen LogP contribution in [0.15, 0.2) is 24.3 Å². The molecule has 1 aliphatic heterocycles. The Bertz CT molecular complexity index is 960. The number of hydrogen-bond donors (Lipinski definition) is 0. The first-order chi connectivity index (χ1) is 12.7. The third kappa shape index (κ3) is 2.48.